The predicted molar refractivity (Wildman–Crippen MR) is 77.4 cm³/mol. The van der Waals surface area contributed by atoms with Gasteiger partial charge in [-0.25, -0.2) is 0 Å². The fourth-order valence-electron chi connectivity index (χ4n) is 4.63. The summed E-state index contributed by atoms with van der Waals surface area (Å²) in [6.07, 6.45) is 8.69. The predicted octanol–water partition coefficient (Wildman–Crippen LogP) is 4.64. The number of hydrogen-bond acceptors (Lipinski definition) is 1. The Kier molecular flexibility index (Phi) is 4.41. The van der Waals surface area contributed by atoms with Crippen LogP contribution in [0.2, 0.25) is 0 Å². The van der Waals surface area contributed by atoms with Crippen LogP contribution in [0, 0.1) is 29.6 Å². The van der Waals surface area contributed by atoms with Crippen LogP contribution in [0.15, 0.2) is 0 Å². The van der Waals surface area contributed by atoms with Gasteiger partial charge in [-0.1, -0.05) is 47.0 Å². The summed E-state index contributed by atoms with van der Waals surface area (Å²) in [5, 5.41) is 11.3. The lowest BCUT2D eigenvalue weighted by Crippen LogP contribution is -2.51. The Labute approximate surface area is 113 Å². The molecule has 0 aliphatic heterocycles. The van der Waals surface area contributed by atoms with Crippen LogP contribution in [-0.4, -0.2) is 10.7 Å². The molecular formula is C17H32O. The van der Waals surface area contributed by atoms with Gasteiger partial charge in [0.1, 0.15) is 0 Å². The van der Waals surface area contributed by atoms with Gasteiger partial charge in [-0.2, -0.15) is 0 Å². The highest BCUT2D eigenvalue weighted by molar-refractivity contribution is 4.98. The fraction of sp³-hybridized carbons (Fsp3) is 1.00. The topological polar surface area (TPSA) is 20.2 Å². The standard InChI is InChI=1S/C17H32O/c1-12(2)16-7-5-6-10-17(16,18)15-9-8-13(3)14(4)11-15/h12-16,18H,5-11H2,1-4H3. The van der Waals surface area contributed by atoms with E-state index < -0.39 is 0 Å². The first-order valence-corrected chi connectivity index (χ1v) is 8.17. The molecule has 0 heterocycles. The van der Waals surface area contributed by atoms with Crippen LogP contribution in [-0.2, 0) is 0 Å². The largest absolute Gasteiger partial charge is 0.389 e. The van der Waals surface area contributed by atoms with Crippen molar-refractivity contribution in [1.29, 1.82) is 0 Å². The van der Waals surface area contributed by atoms with Crippen molar-refractivity contribution >= 4 is 0 Å². The molecule has 0 bridgehead atoms. The molecule has 0 aromatic heterocycles. The molecule has 0 saturated heterocycles. The van der Waals surface area contributed by atoms with Gasteiger partial charge in [0.05, 0.1) is 5.60 Å². The molecule has 2 rings (SSSR count). The number of rotatable bonds is 2. The SMILES string of the molecule is CC(C)C1CCCCC1(O)C1CCC(C)C(C)C1. The Morgan fingerprint density at radius 3 is 2.33 bits per heavy atom. The summed E-state index contributed by atoms with van der Waals surface area (Å²) in [7, 11) is 0. The molecule has 1 nitrogen and oxygen atoms in total. The van der Waals surface area contributed by atoms with Crippen molar-refractivity contribution < 1.29 is 5.11 Å². The zero-order valence-corrected chi connectivity index (χ0v) is 12.8. The van der Waals surface area contributed by atoms with Gasteiger partial charge in [0.15, 0.2) is 0 Å². The zero-order valence-electron chi connectivity index (χ0n) is 12.8. The molecule has 1 N–H and O–H groups in total. The minimum Gasteiger partial charge on any atom is -0.389 e. The Hall–Kier alpha value is -0.0400. The van der Waals surface area contributed by atoms with Crippen LogP contribution >= 0.6 is 0 Å². The molecule has 0 aromatic rings. The fourth-order valence-corrected chi connectivity index (χ4v) is 4.63. The summed E-state index contributed by atoms with van der Waals surface area (Å²) in [6.45, 7) is 9.37. The molecule has 18 heavy (non-hydrogen) atoms. The second-order valence-electron chi connectivity index (χ2n) is 7.55. The molecule has 0 amide bonds. The van der Waals surface area contributed by atoms with Crippen molar-refractivity contribution in [1.82, 2.24) is 0 Å². The van der Waals surface area contributed by atoms with Gasteiger partial charge in [-0.3, -0.25) is 0 Å². The molecule has 2 aliphatic rings. The first-order valence-electron chi connectivity index (χ1n) is 8.17. The van der Waals surface area contributed by atoms with Crippen molar-refractivity contribution in [2.45, 2.75) is 78.2 Å². The molecule has 5 unspecified atom stereocenters. The minimum atomic E-state index is -0.346. The Morgan fingerprint density at radius 1 is 1.00 bits per heavy atom. The van der Waals surface area contributed by atoms with E-state index >= 15 is 0 Å². The highest BCUT2D eigenvalue weighted by atomic mass is 16.3. The third-order valence-electron chi connectivity index (χ3n) is 6.09. The van der Waals surface area contributed by atoms with Crippen molar-refractivity contribution in [2.75, 3.05) is 0 Å². The molecule has 0 radical (unpaired) electrons. The molecule has 106 valence electrons. The number of hydrogen-bond donors (Lipinski definition) is 1. The Morgan fingerprint density at radius 2 is 1.72 bits per heavy atom. The van der Waals surface area contributed by atoms with E-state index in [4.69, 9.17) is 0 Å². The smallest absolute Gasteiger partial charge is 0.0706 e. The second-order valence-corrected chi connectivity index (χ2v) is 7.55. The van der Waals surface area contributed by atoms with E-state index in [0.717, 1.165) is 18.3 Å². The molecular weight excluding hydrogens is 220 g/mol. The summed E-state index contributed by atoms with van der Waals surface area (Å²) in [5.74, 6) is 3.38. The van der Waals surface area contributed by atoms with Crippen LogP contribution < -0.4 is 0 Å². The lowest BCUT2D eigenvalue weighted by atomic mass is 9.59. The van der Waals surface area contributed by atoms with Crippen LogP contribution in [0.1, 0.15) is 72.6 Å². The van der Waals surface area contributed by atoms with E-state index in [9.17, 15) is 5.11 Å². The molecule has 1 heteroatoms. The monoisotopic (exact) mass is 252 g/mol. The molecule has 5 atom stereocenters. The first kappa shape index (κ1) is 14.4. The third-order valence-corrected chi connectivity index (χ3v) is 6.09. The molecule has 0 spiro atoms. The van der Waals surface area contributed by atoms with Crippen LogP contribution in [0.5, 0.6) is 0 Å². The summed E-state index contributed by atoms with van der Waals surface area (Å²) >= 11 is 0. The quantitative estimate of drug-likeness (QED) is 0.759. The van der Waals surface area contributed by atoms with E-state index in [1.165, 1.54) is 38.5 Å². The summed E-state index contributed by atoms with van der Waals surface area (Å²) in [4.78, 5) is 0. The van der Waals surface area contributed by atoms with Gasteiger partial charge >= 0.3 is 0 Å². The van der Waals surface area contributed by atoms with E-state index in [1.54, 1.807) is 0 Å². The average molecular weight is 252 g/mol. The summed E-state index contributed by atoms with van der Waals surface area (Å²) in [6, 6.07) is 0. The maximum Gasteiger partial charge on any atom is 0.0706 e. The maximum absolute atomic E-state index is 11.3. The lowest BCUT2D eigenvalue weighted by molar-refractivity contribution is -0.126. The van der Waals surface area contributed by atoms with Gasteiger partial charge < -0.3 is 5.11 Å². The highest BCUT2D eigenvalue weighted by Gasteiger charge is 2.47. The van der Waals surface area contributed by atoms with Gasteiger partial charge in [0, 0.05) is 0 Å². The van der Waals surface area contributed by atoms with Crippen LogP contribution in [0.3, 0.4) is 0 Å². The van der Waals surface area contributed by atoms with E-state index in [1.807, 2.05) is 0 Å². The first-order chi connectivity index (χ1) is 8.45. The molecule has 2 saturated carbocycles. The van der Waals surface area contributed by atoms with Crippen molar-refractivity contribution in [2.24, 2.45) is 29.6 Å². The van der Waals surface area contributed by atoms with Gasteiger partial charge in [0.2, 0.25) is 0 Å². The van der Waals surface area contributed by atoms with Gasteiger partial charge in [-0.15, -0.1) is 0 Å². The Bertz CT molecular complexity index is 273. The molecule has 0 aromatic carbocycles. The van der Waals surface area contributed by atoms with Crippen molar-refractivity contribution in [3.63, 3.8) is 0 Å². The maximum atomic E-state index is 11.3. The Balaban J connectivity index is 2.12. The third kappa shape index (κ3) is 2.61. The highest BCUT2D eigenvalue weighted by Crippen LogP contribution is 2.49. The van der Waals surface area contributed by atoms with E-state index in [-0.39, 0.29) is 5.60 Å². The molecule has 2 aliphatic carbocycles. The van der Waals surface area contributed by atoms with Gasteiger partial charge in [-0.05, 0) is 55.3 Å². The van der Waals surface area contributed by atoms with E-state index in [0.29, 0.717) is 17.8 Å². The van der Waals surface area contributed by atoms with Crippen LogP contribution in [0.25, 0.3) is 0 Å². The second kappa shape index (κ2) is 5.53. The lowest BCUT2D eigenvalue weighted by Gasteiger charge is -2.50. The molecule has 2 fully saturated rings. The summed E-state index contributed by atoms with van der Waals surface area (Å²) < 4.78 is 0. The van der Waals surface area contributed by atoms with Crippen molar-refractivity contribution in [3.05, 3.63) is 0 Å². The van der Waals surface area contributed by atoms with Crippen molar-refractivity contribution in [3.8, 4) is 0 Å². The average Bonchev–Trinajstić information content (AvgIpc) is 2.32. The normalized spacial score (nSPS) is 46.3. The zero-order chi connectivity index (χ0) is 13.3. The number of aliphatic hydroxyl groups is 1. The minimum absolute atomic E-state index is 0.346. The van der Waals surface area contributed by atoms with Gasteiger partial charge in [0.25, 0.3) is 0 Å². The van der Waals surface area contributed by atoms with Crippen LogP contribution in [0.4, 0.5) is 0 Å². The van der Waals surface area contributed by atoms with E-state index in [2.05, 4.69) is 27.7 Å². The summed E-state index contributed by atoms with van der Waals surface area (Å²) in [5.41, 5.74) is -0.346.